The lowest BCUT2D eigenvalue weighted by Gasteiger charge is -2.36. The number of carbonyl (C=O) groups excluding carboxylic acids is 2. The van der Waals surface area contributed by atoms with Gasteiger partial charge in [0.15, 0.2) is 6.61 Å². The molecule has 0 aliphatic carbocycles. The second-order valence-electron chi connectivity index (χ2n) is 5.99. The number of ether oxygens (including phenoxy) is 1. The number of nitrogens with zero attached hydrogens (tertiary/aromatic N) is 2. The van der Waals surface area contributed by atoms with Crippen LogP contribution < -0.4 is 4.90 Å². The molecule has 2 aromatic carbocycles. The van der Waals surface area contributed by atoms with Crippen molar-refractivity contribution in [1.82, 2.24) is 4.90 Å². The van der Waals surface area contributed by atoms with Crippen LogP contribution in [0.15, 0.2) is 42.5 Å². The van der Waals surface area contributed by atoms with Crippen LogP contribution in [-0.2, 0) is 9.53 Å². The molecule has 0 spiro atoms. The molecule has 1 saturated heterocycles. The first-order chi connectivity index (χ1) is 13.0. The lowest BCUT2D eigenvalue weighted by atomic mass is 10.2. The molecule has 0 bridgehead atoms. The zero-order valence-electron chi connectivity index (χ0n) is 14.3. The Morgan fingerprint density at radius 2 is 1.59 bits per heavy atom. The Hall–Kier alpha value is -2.31. The van der Waals surface area contributed by atoms with Crippen LogP contribution >= 0.6 is 23.2 Å². The van der Waals surface area contributed by atoms with Crippen LogP contribution in [-0.4, -0.2) is 49.6 Å². The van der Waals surface area contributed by atoms with E-state index in [9.17, 15) is 14.0 Å². The highest BCUT2D eigenvalue weighted by molar-refractivity contribution is 6.39. The summed E-state index contributed by atoms with van der Waals surface area (Å²) < 4.78 is 18.9. The largest absolute Gasteiger partial charge is 0.452 e. The van der Waals surface area contributed by atoms with E-state index in [-0.39, 0.29) is 27.3 Å². The molecule has 8 heteroatoms. The first-order valence-electron chi connectivity index (χ1n) is 8.36. The van der Waals surface area contributed by atoms with Crippen molar-refractivity contribution in [2.75, 3.05) is 37.7 Å². The van der Waals surface area contributed by atoms with E-state index in [1.807, 2.05) is 4.90 Å². The van der Waals surface area contributed by atoms with Crippen molar-refractivity contribution in [3.8, 4) is 0 Å². The van der Waals surface area contributed by atoms with E-state index >= 15 is 0 Å². The number of para-hydroxylation sites is 1. The monoisotopic (exact) mass is 410 g/mol. The van der Waals surface area contributed by atoms with Crippen LogP contribution in [0.1, 0.15) is 10.4 Å². The van der Waals surface area contributed by atoms with Crippen molar-refractivity contribution in [2.45, 2.75) is 0 Å². The predicted octanol–water partition coefficient (Wildman–Crippen LogP) is 3.64. The third-order valence-corrected chi connectivity index (χ3v) is 4.95. The Bertz CT molecular complexity index is 834. The number of amides is 1. The van der Waals surface area contributed by atoms with Crippen molar-refractivity contribution < 1.29 is 18.7 Å². The van der Waals surface area contributed by atoms with Crippen molar-refractivity contribution in [1.29, 1.82) is 0 Å². The van der Waals surface area contributed by atoms with Gasteiger partial charge >= 0.3 is 5.97 Å². The van der Waals surface area contributed by atoms with E-state index in [0.29, 0.717) is 31.9 Å². The lowest BCUT2D eigenvalue weighted by Crippen LogP contribution is -2.50. The Kier molecular flexibility index (Phi) is 6.19. The van der Waals surface area contributed by atoms with E-state index in [4.69, 9.17) is 27.9 Å². The van der Waals surface area contributed by atoms with Gasteiger partial charge in [0.05, 0.1) is 21.3 Å². The molecule has 1 aliphatic heterocycles. The number of carbonyl (C=O) groups is 2. The third kappa shape index (κ3) is 4.51. The summed E-state index contributed by atoms with van der Waals surface area (Å²) in [6.45, 7) is 1.42. The number of esters is 1. The van der Waals surface area contributed by atoms with Crippen molar-refractivity contribution in [3.63, 3.8) is 0 Å². The minimum absolute atomic E-state index is 0.0398. The summed E-state index contributed by atoms with van der Waals surface area (Å²) in [7, 11) is 0. The molecule has 0 unspecified atom stereocenters. The van der Waals surface area contributed by atoms with Gasteiger partial charge in [0.25, 0.3) is 5.91 Å². The third-order valence-electron chi connectivity index (χ3n) is 4.32. The summed E-state index contributed by atoms with van der Waals surface area (Å²) in [5, 5.41) is 0.330. The van der Waals surface area contributed by atoms with Gasteiger partial charge in [-0.3, -0.25) is 4.79 Å². The zero-order valence-corrected chi connectivity index (χ0v) is 15.8. The van der Waals surface area contributed by atoms with Gasteiger partial charge in [-0.25, -0.2) is 9.18 Å². The van der Waals surface area contributed by atoms with E-state index in [1.165, 1.54) is 18.2 Å². The number of hydrogen-bond donors (Lipinski definition) is 0. The molecule has 1 fully saturated rings. The molecule has 1 aliphatic rings. The molecular formula is C19H17Cl2FN2O3. The van der Waals surface area contributed by atoms with E-state index < -0.39 is 12.6 Å². The smallest absolute Gasteiger partial charge is 0.341 e. The number of benzene rings is 2. The van der Waals surface area contributed by atoms with Crippen LogP contribution in [0.3, 0.4) is 0 Å². The van der Waals surface area contributed by atoms with Gasteiger partial charge in [0.1, 0.15) is 5.82 Å². The summed E-state index contributed by atoms with van der Waals surface area (Å²) in [4.78, 5) is 27.9. The minimum Gasteiger partial charge on any atom is -0.452 e. The Morgan fingerprint density at radius 3 is 2.22 bits per heavy atom. The fourth-order valence-electron chi connectivity index (χ4n) is 2.89. The van der Waals surface area contributed by atoms with Crippen LogP contribution in [0.5, 0.6) is 0 Å². The fourth-order valence-corrected chi connectivity index (χ4v) is 3.44. The fraction of sp³-hybridized carbons (Fsp3) is 0.263. The highest BCUT2D eigenvalue weighted by atomic mass is 35.5. The average molecular weight is 411 g/mol. The highest BCUT2D eigenvalue weighted by Crippen LogP contribution is 2.25. The van der Waals surface area contributed by atoms with Gasteiger partial charge in [0, 0.05) is 26.2 Å². The predicted molar refractivity (Wildman–Crippen MR) is 102 cm³/mol. The molecule has 142 valence electrons. The van der Waals surface area contributed by atoms with Gasteiger partial charge in [0.2, 0.25) is 0 Å². The minimum atomic E-state index is -0.746. The average Bonchev–Trinajstić information content (AvgIpc) is 2.66. The van der Waals surface area contributed by atoms with E-state index in [2.05, 4.69) is 0 Å². The van der Waals surface area contributed by atoms with Crippen LogP contribution in [0.25, 0.3) is 0 Å². The maximum Gasteiger partial charge on any atom is 0.341 e. The molecule has 1 heterocycles. The van der Waals surface area contributed by atoms with E-state index in [0.717, 1.165) is 0 Å². The summed E-state index contributed by atoms with van der Waals surface area (Å²) in [6, 6.07) is 11.2. The summed E-state index contributed by atoms with van der Waals surface area (Å²) in [6.07, 6.45) is 0. The topological polar surface area (TPSA) is 49.9 Å². The molecule has 0 N–H and O–H groups in total. The molecule has 27 heavy (non-hydrogen) atoms. The van der Waals surface area contributed by atoms with Gasteiger partial charge in [-0.05, 0) is 24.3 Å². The van der Waals surface area contributed by atoms with Gasteiger partial charge in [-0.1, -0.05) is 41.4 Å². The molecule has 0 atom stereocenters. The number of rotatable bonds is 4. The molecule has 5 nitrogen and oxygen atoms in total. The normalized spacial score (nSPS) is 14.2. The first kappa shape index (κ1) is 19.5. The standard InChI is InChI=1S/C19H17Cl2FN2O3/c20-13-4-3-5-14(21)18(13)19(26)27-12-17(25)24-10-8-23(9-11-24)16-7-2-1-6-15(16)22/h1-7H,8-12H2. The van der Waals surface area contributed by atoms with Crippen LogP contribution in [0, 0.1) is 5.82 Å². The molecule has 2 aromatic rings. The maximum absolute atomic E-state index is 13.9. The molecule has 0 aromatic heterocycles. The number of anilines is 1. The number of hydrogen-bond acceptors (Lipinski definition) is 4. The number of piperazine rings is 1. The van der Waals surface area contributed by atoms with Crippen LogP contribution in [0.2, 0.25) is 10.0 Å². The van der Waals surface area contributed by atoms with E-state index in [1.54, 1.807) is 29.2 Å². The highest BCUT2D eigenvalue weighted by Gasteiger charge is 2.24. The summed E-state index contributed by atoms with van der Waals surface area (Å²) in [5.74, 6) is -1.36. The SMILES string of the molecule is O=C(OCC(=O)N1CCN(c2ccccc2F)CC1)c1c(Cl)cccc1Cl. The second kappa shape index (κ2) is 8.59. The van der Waals surface area contributed by atoms with Gasteiger partial charge in [-0.15, -0.1) is 0 Å². The summed E-state index contributed by atoms with van der Waals surface area (Å²) in [5.41, 5.74) is 0.558. The summed E-state index contributed by atoms with van der Waals surface area (Å²) >= 11 is 11.9. The second-order valence-corrected chi connectivity index (χ2v) is 6.81. The van der Waals surface area contributed by atoms with Crippen molar-refractivity contribution in [2.24, 2.45) is 0 Å². The Morgan fingerprint density at radius 1 is 0.963 bits per heavy atom. The van der Waals surface area contributed by atoms with Crippen molar-refractivity contribution in [3.05, 3.63) is 63.9 Å². The molecular weight excluding hydrogens is 394 g/mol. The quantitative estimate of drug-likeness (QED) is 0.721. The van der Waals surface area contributed by atoms with Gasteiger partial charge in [-0.2, -0.15) is 0 Å². The zero-order chi connectivity index (χ0) is 19.4. The number of halogens is 3. The lowest BCUT2D eigenvalue weighted by molar-refractivity contribution is -0.134. The molecule has 0 radical (unpaired) electrons. The molecule has 3 rings (SSSR count). The molecule has 0 saturated carbocycles. The Balaban J connectivity index is 1.53. The van der Waals surface area contributed by atoms with Crippen molar-refractivity contribution >= 4 is 40.8 Å². The van der Waals surface area contributed by atoms with Gasteiger partial charge < -0.3 is 14.5 Å². The molecule has 1 amide bonds. The van der Waals surface area contributed by atoms with Crippen LogP contribution in [0.4, 0.5) is 10.1 Å². The first-order valence-corrected chi connectivity index (χ1v) is 9.11. The maximum atomic E-state index is 13.9. The Labute approximate surface area is 166 Å².